The van der Waals surface area contributed by atoms with Crippen molar-refractivity contribution in [3.05, 3.63) is 28.3 Å². The normalized spacial score (nSPS) is 16.4. The fourth-order valence-corrected chi connectivity index (χ4v) is 2.94. The van der Waals surface area contributed by atoms with E-state index in [1.165, 1.54) is 14.0 Å². The number of benzene rings is 1. The lowest BCUT2D eigenvalue weighted by atomic mass is 9.92. The number of carbonyl (C=O) groups excluding carboxylic acids is 1. The first-order chi connectivity index (χ1) is 11.1. The van der Waals surface area contributed by atoms with Gasteiger partial charge in [-0.2, -0.15) is 0 Å². The average Bonchev–Trinajstić information content (AvgIpc) is 2.90. The van der Waals surface area contributed by atoms with Crippen LogP contribution >= 0.6 is 0 Å². The van der Waals surface area contributed by atoms with E-state index in [1.54, 1.807) is 13.8 Å². The quantitative estimate of drug-likeness (QED) is 0.639. The fourth-order valence-electron chi connectivity index (χ4n) is 2.94. The van der Waals surface area contributed by atoms with E-state index in [4.69, 9.17) is 9.47 Å². The number of Topliss-reactive ketones (excluding diaryl/α,β-unsaturated/α-hetero) is 1. The highest BCUT2D eigenvalue weighted by Crippen LogP contribution is 2.48. The number of fused-ring (bicyclic) bond motifs is 1. The van der Waals surface area contributed by atoms with Gasteiger partial charge in [-0.05, 0) is 41.0 Å². The molecule has 0 unspecified atom stereocenters. The van der Waals surface area contributed by atoms with E-state index in [0.717, 1.165) is 11.1 Å². The van der Waals surface area contributed by atoms with Gasteiger partial charge < -0.3 is 19.7 Å². The van der Waals surface area contributed by atoms with Crippen LogP contribution in [-0.2, 0) is 12.8 Å². The topological polar surface area (TPSA) is 76.0 Å². The number of ketones is 1. The molecule has 5 heteroatoms. The van der Waals surface area contributed by atoms with Crippen molar-refractivity contribution in [1.82, 2.24) is 0 Å². The summed E-state index contributed by atoms with van der Waals surface area (Å²) in [6, 6.07) is 0. The molecule has 1 heterocycles. The number of allylic oxidation sites excluding steroid dienone is 2. The van der Waals surface area contributed by atoms with Crippen molar-refractivity contribution < 1.29 is 24.5 Å². The summed E-state index contributed by atoms with van der Waals surface area (Å²) in [7, 11) is 1.47. The molecule has 24 heavy (non-hydrogen) atoms. The van der Waals surface area contributed by atoms with Gasteiger partial charge in [0, 0.05) is 17.5 Å². The Bertz CT molecular complexity index is 691. The molecular weight excluding hydrogens is 308 g/mol. The molecule has 0 fully saturated rings. The molecule has 2 N–H and O–H groups in total. The zero-order valence-corrected chi connectivity index (χ0v) is 15.2. The van der Waals surface area contributed by atoms with Crippen LogP contribution < -0.4 is 9.47 Å². The SMILES string of the molecule is COc1c(CC=C(C)C)c2c(c(O)c1C(C)=O)C[C@H](C(C)(C)O)O2. The molecule has 2 rings (SSSR count). The van der Waals surface area contributed by atoms with E-state index >= 15 is 0 Å². The van der Waals surface area contributed by atoms with Crippen molar-refractivity contribution in [2.75, 3.05) is 7.11 Å². The smallest absolute Gasteiger partial charge is 0.167 e. The van der Waals surface area contributed by atoms with E-state index in [-0.39, 0.29) is 17.1 Å². The molecule has 0 amide bonds. The van der Waals surface area contributed by atoms with Gasteiger partial charge in [0.2, 0.25) is 0 Å². The van der Waals surface area contributed by atoms with Crippen LogP contribution in [0.1, 0.15) is 56.1 Å². The monoisotopic (exact) mass is 334 g/mol. The van der Waals surface area contributed by atoms with Gasteiger partial charge in [-0.15, -0.1) is 0 Å². The first-order valence-electron chi connectivity index (χ1n) is 8.05. The first-order valence-corrected chi connectivity index (χ1v) is 8.05. The number of aromatic hydroxyl groups is 1. The molecule has 0 aliphatic carbocycles. The van der Waals surface area contributed by atoms with Crippen molar-refractivity contribution in [3.63, 3.8) is 0 Å². The highest BCUT2D eigenvalue weighted by molar-refractivity contribution is 6.01. The summed E-state index contributed by atoms with van der Waals surface area (Å²) in [4.78, 5) is 12.1. The van der Waals surface area contributed by atoms with Crippen molar-refractivity contribution in [3.8, 4) is 17.2 Å². The Morgan fingerprint density at radius 2 is 2.00 bits per heavy atom. The highest BCUT2D eigenvalue weighted by atomic mass is 16.5. The van der Waals surface area contributed by atoms with Gasteiger partial charge >= 0.3 is 0 Å². The van der Waals surface area contributed by atoms with Crippen LogP contribution in [0, 0.1) is 0 Å². The molecule has 1 atom stereocenters. The average molecular weight is 334 g/mol. The molecule has 0 radical (unpaired) electrons. The summed E-state index contributed by atoms with van der Waals surface area (Å²) >= 11 is 0. The summed E-state index contributed by atoms with van der Waals surface area (Å²) in [6.07, 6.45) is 2.39. The molecule has 0 aromatic heterocycles. The number of methoxy groups -OCH3 is 1. The lowest BCUT2D eigenvalue weighted by Gasteiger charge is -2.25. The Morgan fingerprint density at radius 3 is 2.46 bits per heavy atom. The summed E-state index contributed by atoms with van der Waals surface area (Å²) < 4.78 is 11.4. The molecule has 0 bridgehead atoms. The molecular formula is C19H26O5. The number of ether oxygens (including phenoxy) is 2. The maximum atomic E-state index is 12.1. The molecule has 132 valence electrons. The van der Waals surface area contributed by atoms with E-state index in [9.17, 15) is 15.0 Å². The fraction of sp³-hybridized carbons (Fsp3) is 0.526. The molecule has 5 nitrogen and oxygen atoms in total. The molecule has 0 spiro atoms. The lowest BCUT2D eigenvalue weighted by molar-refractivity contribution is -0.0232. The number of rotatable bonds is 5. The number of hydrogen-bond donors (Lipinski definition) is 2. The van der Waals surface area contributed by atoms with Crippen molar-refractivity contribution in [2.45, 2.75) is 59.2 Å². The predicted molar refractivity (Wildman–Crippen MR) is 92.2 cm³/mol. The van der Waals surface area contributed by atoms with Crippen LogP contribution in [0.5, 0.6) is 17.2 Å². The Balaban J connectivity index is 2.70. The second-order valence-corrected chi connectivity index (χ2v) is 7.05. The Morgan fingerprint density at radius 1 is 1.38 bits per heavy atom. The maximum Gasteiger partial charge on any atom is 0.167 e. The van der Waals surface area contributed by atoms with E-state index < -0.39 is 11.7 Å². The third kappa shape index (κ3) is 3.26. The van der Waals surface area contributed by atoms with Crippen molar-refractivity contribution >= 4 is 5.78 Å². The van der Waals surface area contributed by atoms with Gasteiger partial charge in [-0.25, -0.2) is 0 Å². The molecule has 1 aliphatic heterocycles. The number of aliphatic hydroxyl groups is 1. The third-order valence-electron chi connectivity index (χ3n) is 4.28. The van der Waals surface area contributed by atoms with E-state index in [1.807, 2.05) is 19.9 Å². The van der Waals surface area contributed by atoms with Crippen LogP contribution in [0.3, 0.4) is 0 Å². The summed E-state index contributed by atoms with van der Waals surface area (Å²) in [5, 5.41) is 20.9. The molecule has 0 saturated heterocycles. The number of phenolic OH excluding ortho intramolecular Hbond substituents is 1. The van der Waals surface area contributed by atoms with Crippen LogP contribution in [0.15, 0.2) is 11.6 Å². The first kappa shape index (κ1) is 18.3. The maximum absolute atomic E-state index is 12.1. The van der Waals surface area contributed by atoms with Crippen molar-refractivity contribution in [2.24, 2.45) is 0 Å². The Hall–Kier alpha value is -2.01. The molecule has 0 saturated carbocycles. The van der Waals surface area contributed by atoms with Gasteiger partial charge in [0.25, 0.3) is 0 Å². The van der Waals surface area contributed by atoms with Crippen molar-refractivity contribution in [1.29, 1.82) is 0 Å². The zero-order chi connectivity index (χ0) is 18.2. The zero-order valence-electron chi connectivity index (χ0n) is 15.2. The number of phenols is 1. The minimum absolute atomic E-state index is 0.109. The molecule has 1 aliphatic rings. The summed E-state index contributed by atoms with van der Waals surface area (Å²) in [5.41, 5.74) is 1.52. The van der Waals surface area contributed by atoms with Gasteiger partial charge in [-0.1, -0.05) is 11.6 Å². The summed E-state index contributed by atoms with van der Waals surface area (Å²) in [5.74, 6) is 0.478. The summed E-state index contributed by atoms with van der Waals surface area (Å²) in [6.45, 7) is 8.70. The molecule has 1 aromatic rings. The Labute approximate surface area is 142 Å². The van der Waals surface area contributed by atoms with E-state index in [0.29, 0.717) is 29.9 Å². The van der Waals surface area contributed by atoms with Gasteiger partial charge in [0.1, 0.15) is 28.9 Å². The van der Waals surface area contributed by atoms with Gasteiger partial charge in [0.15, 0.2) is 5.78 Å². The minimum atomic E-state index is -1.07. The predicted octanol–water partition coefficient (Wildman–Crippen LogP) is 3.19. The number of carbonyl (C=O) groups is 1. The molecule has 1 aromatic carbocycles. The van der Waals surface area contributed by atoms with Crippen LogP contribution in [0.4, 0.5) is 0 Å². The largest absolute Gasteiger partial charge is 0.507 e. The lowest BCUT2D eigenvalue weighted by Crippen LogP contribution is -2.39. The van der Waals surface area contributed by atoms with Gasteiger partial charge in [0.05, 0.1) is 12.7 Å². The van der Waals surface area contributed by atoms with E-state index in [2.05, 4.69) is 0 Å². The number of hydrogen-bond acceptors (Lipinski definition) is 5. The standard InChI is InChI=1S/C19H26O5/c1-10(2)7-8-12-17-13(9-14(24-17)19(4,5)22)16(21)15(11(3)20)18(12)23-6/h7,14,21-22H,8-9H2,1-6H3/t14-/m1/s1. The third-order valence-corrected chi connectivity index (χ3v) is 4.28. The highest BCUT2D eigenvalue weighted by Gasteiger charge is 2.40. The van der Waals surface area contributed by atoms with Crippen LogP contribution in [0.2, 0.25) is 0 Å². The Kier molecular flexibility index (Phi) is 4.95. The minimum Gasteiger partial charge on any atom is -0.507 e. The van der Waals surface area contributed by atoms with Crippen LogP contribution in [-0.4, -0.2) is 34.8 Å². The van der Waals surface area contributed by atoms with Gasteiger partial charge in [-0.3, -0.25) is 4.79 Å². The van der Waals surface area contributed by atoms with Crippen LogP contribution in [0.25, 0.3) is 0 Å². The second kappa shape index (κ2) is 6.48. The second-order valence-electron chi connectivity index (χ2n) is 7.05.